The Hall–Kier alpha value is -2.65. The second-order valence-corrected chi connectivity index (χ2v) is 4.82. The molecule has 2 saturated heterocycles. The smallest absolute Gasteiger partial charge is 0.322 e. The molecule has 2 fully saturated rings. The lowest BCUT2D eigenvalue weighted by Gasteiger charge is -2.37. The molecule has 4 amide bonds. The molecule has 1 unspecified atom stereocenters. The maximum atomic E-state index is 12.2. The van der Waals surface area contributed by atoms with Crippen LogP contribution in [0.1, 0.15) is 23.3 Å². The van der Waals surface area contributed by atoms with E-state index in [1.54, 1.807) is 0 Å². The number of imide groups is 1. The number of amides is 4. The van der Waals surface area contributed by atoms with Crippen LogP contribution in [0.3, 0.4) is 0 Å². The summed E-state index contributed by atoms with van der Waals surface area (Å²) < 4.78 is 4.39. The molecule has 0 bridgehead atoms. The fraction of sp³-hybridized carbons (Fsp3) is 0.500. The first-order valence-electron chi connectivity index (χ1n) is 6.03. The number of nitrogens with two attached hydrogens (primary N) is 1. The maximum absolute atomic E-state index is 12.2. The van der Waals surface area contributed by atoms with Gasteiger partial charge in [0.25, 0.3) is 11.8 Å². The van der Waals surface area contributed by atoms with Crippen molar-refractivity contribution in [2.45, 2.75) is 18.4 Å². The third-order valence-electron chi connectivity index (χ3n) is 3.51. The zero-order valence-corrected chi connectivity index (χ0v) is 10.4. The predicted molar refractivity (Wildman–Crippen MR) is 63.3 cm³/mol. The standard InChI is InChI=1S/C10H12N6O4/c11-6-5(14-20-15-6)7(17)16-3-1-2-10(4-16)8(18)12-9(19)13-10/h1-4H2,(H2,11,15)(H2,12,13,18,19). The molecule has 0 saturated carbocycles. The summed E-state index contributed by atoms with van der Waals surface area (Å²) in [5.74, 6) is -1.00. The number of nitrogens with one attached hydrogen (secondary N) is 2. The number of carbonyl (C=O) groups is 3. The van der Waals surface area contributed by atoms with Gasteiger partial charge in [-0.3, -0.25) is 14.9 Å². The van der Waals surface area contributed by atoms with Crippen LogP contribution in [-0.4, -0.2) is 51.7 Å². The summed E-state index contributed by atoms with van der Waals surface area (Å²) in [5.41, 5.74) is 4.32. The van der Waals surface area contributed by atoms with Crippen LogP contribution >= 0.6 is 0 Å². The molecule has 106 valence electrons. The first-order valence-corrected chi connectivity index (χ1v) is 6.03. The van der Waals surface area contributed by atoms with Crippen molar-refractivity contribution in [1.29, 1.82) is 0 Å². The molecule has 10 heteroatoms. The number of nitrogens with zero attached hydrogens (tertiary/aromatic N) is 3. The number of nitrogen functional groups attached to an aromatic ring is 1. The number of urea groups is 1. The number of hydrogen-bond donors (Lipinski definition) is 3. The molecule has 2 aliphatic heterocycles. The highest BCUT2D eigenvalue weighted by molar-refractivity contribution is 6.07. The van der Waals surface area contributed by atoms with Gasteiger partial charge in [-0.2, -0.15) is 0 Å². The minimum atomic E-state index is -1.07. The highest BCUT2D eigenvalue weighted by atomic mass is 16.6. The topological polar surface area (TPSA) is 143 Å². The van der Waals surface area contributed by atoms with E-state index in [0.29, 0.717) is 19.4 Å². The van der Waals surface area contributed by atoms with E-state index < -0.39 is 23.4 Å². The van der Waals surface area contributed by atoms with Gasteiger partial charge in [0, 0.05) is 6.54 Å². The van der Waals surface area contributed by atoms with Crippen molar-refractivity contribution in [3.05, 3.63) is 5.69 Å². The van der Waals surface area contributed by atoms with Gasteiger partial charge in [-0.1, -0.05) is 0 Å². The Morgan fingerprint density at radius 3 is 2.80 bits per heavy atom. The van der Waals surface area contributed by atoms with Gasteiger partial charge < -0.3 is 16.0 Å². The first kappa shape index (κ1) is 12.4. The molecular weight excluding hydrogens is 268 g/mol. The normalized spacial score (nSPS) is 25.7. The van der Waals surface area contributed by atoms with E-state index in [9.17, 15) is 14.4 Å². The quantitative estimate of drug-likeness (QED) is 0.529. The molecule has 1 aromatic heterocycles. The van der Waals surface area contributed by atoms with Crippen LogP contribution < -0.4 is 16.4 Å². The van der Waals surface area contributed by atoms with Gasteiger partial charge in [-0.05, 0) is 23.2 Å². The largest absolute Gasteiger partial charge is 0.379 e. The van der Waals surface area contributed by atoms with Crippen molar-refractivity contribution in [1.82, 2.24) is 25.8 Å². The number of likely N-dealkylation sites (tertiary alicyclic amines) is 1. The van der Waals surface area contributed by atoms with E-state index in [0.717, 1.165) is 0 Å². The van der Waals surface area contributed by atoms with Crippen LogP contribution in [0.5, 0.6) is 0 Å². The van der Waals surface area contributed by atoms with Crippen molar-refractivity contribution < 1.29 is 19.0 Å². The van der Waals surface area contributed by atoms with Crippen LogP contribution in [0.4, 0.5) is 10.6 Å². The van der Waals surface area contributed by atoms with Crippen LogP contribution in [0.25, 0.3) is 0 Å². The summed E-state index contributed by atoms with van der Waals surface area (Å²) >= 11 is 0. The Kier molecular flexibility index (Phi) is 2.59. The van der Waals surface area contributed by atoms with E-state index in [-0.39, 0.29) is 18.1 Å². The van der Waals surface area contributed by atoms with Crippen LogP contribution in [0, 0.1) is 0 Å². The third-order valence-corrected chi connectivity index (χ3v) is 3.51. The number of piperidine rings is 1. The summed E-state index contributed by atoms with van der Waals surface area (Å²) in [5, 5.41) is 11.6. The van der Waals surface area contributed by atoms with E-state index in [1.807, 2.05) is 0 Å². The lowest BCUT2D eigenvalue weighted by Crippen LogP contribution is -2.59. The van der Waals surface area contributed by atoms with Crippen molar-refractivity contribution in [2.24, 2.45) is 0 Å². The second kappa shape index (κ2) is 4.18. The summed E-state index contributed by atoms with van der Waals surface area (Å²) in [7, 11) is 0. The molecule has 20 heavy (non-hydrogen) atoms. The van der Waals surface area contributed by atoms with Gasteiger partial charge >= 0.3 is 6.03 Å². The fourth-order valence-corrected chi connectivity index (χ4v) is 2.54. The summed E-state index contributed by atoms with van der Waals surface area (Å²) in [6.45, 7) is 0.506. The zero-order chi connectivity index (χ0) is 14.3. The molecule has 0 aromatic carbocycles. The van der Waals surface area contributed by atoms with E-state index in [4.69, 9.17) is 5.73 Å². The molecule has 1 spiro atoms. The van der Waals surface area contributed by atoms with E-state index >= 15 is 0 Å². The number of aromatic nitrogens is 2. The summed E-state index contributed by atoms with van der Waals surface area (Å²) in [4.78, 5) is 36.8. The minimum Gasteiger partial charge on any atom is -0.379 e. The van der Waals surface area contributed by atoms with Crippen molar-refractivity contribution in [2.75, 3.05) is 18.8 Å². The summed E-state index contributed by atoms with van der Waals surface area (Å²) in [6, 6.07) is -0.549. The minimum absolute atomic E-state index is 0.0652. The third kappa shape index (κ3) is 1.76. The molecule has 3 heterocycles. The number of anilines is 1. The molecule has 0 aliphatic carbocycles. The Labute approximate surface area is 112 Å². The van der Waals surface area contributed by atoms with E-state index in [1.165, 1.54) is 4.90 Å². The van der Waals surface area contributed by atoms with Gasteiger partial charge in [0.1, 0.15) is 5.54 Å². The van der Waals surface area contributed by atoms with Crippen molar-refractivity contribution in [3.63, 3.8) is 0 Å². The number of rotatable bonds is 1. The molecule has 2 aliphatic rings. The fourth-order valence-electron chi connectivity index (χ4n) is 2.54. The molecule has 10 nitrogen and oxygen atoms in total. The van der Waals surface area contributed by atoms with Crippen molar-refractivity contribution >= 4 is 23.7 Å². The molecular formula is C10H12N6O4. The zero-order valence-electron chi connectivity index (χ0n) is 10.4. The lowest BCUT2D eigenvalue weighted by molar-refractivity contribution is -0.125. The monoisotopic (exact) mass is 280 g/mol. The average molecular weight is 280 g/mol. The SMILES string of the molecule is Nc1nonc1C(=O)N1CCCC2(C1)NC(=O)NC2=O. The highest BCUT2D eigenvalue weighted by Gasteiger charge is 2.49. The lowest BCUT2D eigenvalue weighted by atomic mass is 9.89. The Bertz CT molecular complexity index is 598. The van der Waals surface area contributed by atoms with E-state index in [2.05, 4.69) is 25.6 Å². The predicted octanol–water partition coefficient (Wildman–Crippen LogP) is -1.53. The van der Waals surface area contributed by atoms with Crippen LogP contribution in [0.2, 0.25) is 0 Å². The van der Waals surface area contributed by atoms with Gasteiger partial charge in [0.15, 0.2) is 0 Å². The van der Waals surface area contributed by atoms with Gasteiger partial charge in [0.05, 0.1) is 6.54 Å². The summed E-state index contributed by atoms with van der Waals surface area (Å²) in [6.07, 6.45) is 1.05. The number of hydrogen-bond acceptors (Lipinski definition) is 7. The van der Waals surface area contributed by atoms with Gasteiger partial charge in [0.2, 0.25) is 11.5 Å². The molecule has 0 radical (unpaired) electrons. The number of carbonyl (C=O) groups excluding carboxylic acids is 3. The Morgan fingerprint density at radius 1 is 1.40 bits per heavy atom. The Balaban J connectivity index is 1.82. The first-order chi connectivity index (χ1) is 9.52. The van der Waals surface area contributed by atoms with Crippen LogP contribution in [-0.2, 0) is 4.79 Å². The van der Waals surface area contributed by atoms with Gasteiger partial charge in [-0.25, -0.2) is 9.42 Å². The molecule has 1 atom stereocenters. The molecule has 4 N–H and O–H groups in total. The average Bonchev–Trinajstić information content (AvgIpc) is 2.94. The Morgan fingerprint density at radius 2 is 2.20 bits per heavy atom. The second-order valence-electron chi connectivity index (χ2n) is 4.82. The van der Waals surface area contributed by atoms with Gasteiger partial charge in [-0.15, -0.1) is 0 Å². The maximum Gasteiger partial charge on any atom is 0.322 e. The molecule has 3 rings (SSSR count). The van der Waals surface area contributed by atoms with Crippen molar-refractivity contribution in [3.8, 4) is 0 Å². The molecule has 1 aromatic rings. The highest BCUT2D eigenvalue weighted by Crippen LogP contribution is 2.25. The van der Waals surface area contributed by atoms with Crippen LogP contribution in [0.15, 0.2) is 4.63 Å².